The molecule has 2 atom stereocenters. The molecule has 0 amide bonds. The van der Waals surface area contributed by atoms with E-state index in [2.05, 4.69) is 44.4 Å². The zero-order chi connectivity index (χ0) is 12.3. The van der Waals surface area contributed by atoms with Gasteiger partial charge in [0.05, 0.1) is 0 Å². The van der Waals surface area contributed by atoms with Crippen molar-refractivity contribution in [2.24, 2.45) is 0 Å². The zero-order valence-corrected chi connectivity index (χ0v) is 11.4. The predicted octanol–water partition coefficient (Wildman–Crippen LogP) is 3.94. The molecule has 0 aromatic heterocycles. The third-order valence-corrected chi connectivity index (χ3v) is 4.43. The van der Waals surface area contributed by atoms with Gasteiger partial charge in [-0.15, -0.1) is 0 Å². The molecule has 1 fully saturated rings. The van der Waals surface area contributed by atoms with Crippen molar-refractivity contribution in [3.05, 3.63) is 34.9 Å². The first-order valence-corrected chi connectivity index (χ1v) is 6.97. The minimum Gasteiger partial charge on any atom is -0.316 e. The van der Waals surface area contributed by atoms with Crippen molar-refractivity contribution in [1.29, 1.82) is 0 Å². The predicted molar refractivity (Wildman–Crippen MR) is 74.6 cm³/mol. The van der Waals surface area contributed by atoms with E-state index >= 15 is 0 Å². The average molecular weight is 231 g/mol. The number of aryl methyl sites for hydroxylation is 1. The molecular weight excluding hydrogens is 206 g/mol. The second-order valence-corrected chi connectivity index (χ2v) is 5.43. The van der Waals surface area contributed by atoms with Gasteiger partial charge in [0.2, 0.25) is 0 Å². The number of likely N-dealkylation sites (N-methyl/N-ethyl adjacent to an activating group) is 1. The second kappa shape index (κ2) is 5.68. The van der Waals surface area contributed by atoms with Crippen LogP contribution in [0.25, 0.3) is 0 Å². The van der Waals surface area contributed by atoms with Crippen molar-refractivity contribution < 1.29 is 0 Å². The quantitative estimate of drug-likeness (QED) is 0.760. The summed E-state index contributed by atoms with van der Waals surface area (Å²) in [6.07, 6.45) is 6.84. The Kier molecular flexibility index (Phi) is 4.22. The van der Waals surface area contributed by atoms with Crippen molar-refractivity contribution >= 4 is 0 Å². The highest BCUT2D eigenvalue weighted by atomic mass is 14.9. The van der Waals surface area contributed by atoms with E-state index in [9.17, 15) is 0 Å². The van der Waals surface area contributed by atoms with Gasteiger partial charge < -0.3 is 5.32 Å². The monoisotopic (exact) mass is 231 g/mol. The van der Waals surface area contributed by atoms with Crippen molar-refractivity contribution in [2.45, 2.75) is 57.9 Å². The Hall–Kier alpha value is -0.820. The molecule has 1 aliphatic rings. The van der Waals surface area contributed by atoms with E-state index in [4.69, 9.17) is 0 Å². The molecule has 1 saturated carbocycles. The molecule has 0 bridgehead atoms. The highest BCUT2D eigenvalue weighted by Crippen LogP contribution is 2.34. The van der Waals surface area contributed by atoms with Gasteiger partial charge in [0.1, 0.15) is 0 Å². The lowest BCUT2D eigenvalue weighted by molar-refractivity contribution is 0.438. The molecule has 2 unspecified atom stereocenters. The summed E-state index contributed by atoms with van der Waals surface area (Å²) in [4.78, 5) is 0. The molecule has 94 valence electrons. The van der Waals surface area contributed by atoms with Gasteiger partial charge in [-0.25, -0.2) is 0 Å². The van der Waals surface area contributed by atoms with Gasteiger partial charge in [0.15, 0.2) is 0 Å². The molecule has 1 aliphatic carbocycles. The maximum atomic E-state index is 3.54. The van der Waals surface area contributed by atoms with Crippen LogP contribution < -0.4 is 5.32 Å². The zero-order valence-electron chi connectivity index (χ0n) is 11.4. The summed E-state index contributed by atoms with van der Waals surface area (Å²) in [6.45, 7) is 4.51. The molecule has 2 rings (SSSR count). The fourth-order valence-corrected chi connectivity index (χ4v) is 3.20. The number of hydrogen-bond donors (Lipinski definition) is 1. The van der Waals surface area contributed by atoms with Crippen molar-refractivity contribution in [1.82, 2.24) is 5.32 Å². The third-order valence-electron chi connectivity index (χ3n) is 4.43. The molecule has 1 aromatic carbocycles. The Bertz CT molecular complexity index is 370. The van der Waals surface area contributed by atoms with E-state index in [1.807, 2.05) is 0 Å². The fourth-order valence-electron chi connectivity index (χ4n) is 3.20. The van der Waals surface area contributed by atoms with Crippen LogP contribution in [-0.2, 0) is 0 Å². The third kappa shape index (κ3) is 2.71. The van der Waals surface area contributed by atoms with Crippen LogP contribution in [0.3, 0.4) is 0 Å². The summed E-state index contributed by atoms with van der Waals surface area (Å²) in [7, 11) is 2.12. The van der Waals surface area contributed by atoms with Crippen LogP contribution in [0.4, 0.5) is 0 Å². The highest BCUT2D eigenvalue weighted by Gasteiger charge is 2.25. The first-order valence-electron chi connectivity index (χ1n) is 6.97. The van der Waals surface area contributed by atoms with E-state index in [0.29, 0.717) is 12.0 Å². The van der Waals surface area contributed by atoms with Crippen molar-refractivity contribution in [3.8, 4) is 0 Å². The van der Waals surface area contributed by atoms with E-state index in [0.717, 1.165) is 0 Å². The summed E-state index contributed by atoms with van der Waals surface area (Å²) < 4.78 is 0. The van der Waals surface area contributed by atoms with E-state index < -0.39 is 0 Å². The summed E-state index contributed by atoms with van der Waals surface area (Å²) in [5, 5.41) is 3.54. The summed E-state index contributed by atoms with van der Waals surface area (Å²) in [6, 6.07) is 7.44. The Morgan fingerprint density at radius 3 is 2.59 bits per heavy atom. The summed E-state index contributed by atoms with van der Waals surface area (Å²) in [5.74, 6) is 0.711. The van der Waals surface area contributed by atoms with E-state index in [-0.39, 0.29) is 0 Å². The van der Waals surface area contributed by atoms with Gasteiger partial charge in [-0.2, -0.15) is 0 Å². The molecule has 1 nitrogen and oxygen atoms in total. The maximum Gasteiger partial charge on any atom is 0.0133 e. The van der Waals surface area contributed by atoms with Gasteiger partial charge in [0, 0.05) is 6.04 Å². The van der Waals surface area contributed by atoms with Gasteiger partial charge in [-0.3, -0.25) is 0 Å². The molecule has 1 heteroatoms. The minimum atomic E-state index is 0.665. The van der Waals surface area contributed by atoms with Gasteiger partial charge in [-0.05, 0) is 56.3 Å². The first-order chi connectivity index (χ1) is 8.24. The van der Waals surface area contributed by atoms with Crippen molar-refractivity contribution in [3.63, 3.8) is 0 Å². The molecule has 0 radical (unpaired) electrons. The van der Waals surface area contributed by atoms with Crippen LogP contribution >= 0.6 is 0 Å². The summed E-state index contributed by atoms with van der Waals surface area (Å²) in [5.41, 5.74) is 4.51. The van der Waals surface area contributed by atoms with Crippen LogP contribution in [0.15, 0.2) is 18.2 Å². The molecule has 0 saturated heterocycles. The lowest BCUT2D eigenvalue weighted by atomic mass is 9.84. The molecule has 1 N–H and O–H groups in total. The van der Waals surface area contributed by atoms with Crippen LogP contribution in [0.2, 0.25) is 0 Å². The van der Waals surface area contributed by atoms with Gasteiger partial charge in [-0.1, -0.05) is 37.5 Å². The lowest BCUT2D eigenvalue weighted by Crippen LogP contribution is -2.31. The largest absolute Gasteiger partial charge is 0.316 e. The van der Waals surface area contributed by atoms with Crippen LogP contribution in [0.1, 0.15) is 54.7 Å². The molecular formula is C16H25N. The Morgan fingerprint density at radius 2 is 1.82 bits per heavy atom. The lowest BCUT2D eigenvalue weighted by Gasteiger charge is -2.27. The standard InChI is InChI=1S/C16H25N/c1-12-8-7-10-14(13(12)2)15-9-5-4-6-11-16(15)17-3/h7-8,10,15-17H,4-6,9,11H2,1-3H3. The first kappa shape index (κ1) is 12.6. The number of nitrogens with one attached hydrogen (secondary N) is 1. The molecule has 0 heterocycles. The van der Waals surface area contributed by atoms with Crippen molar-refractivity contribution in [2.75, 3.05) is 7.05 Å². The highest BCUT2D eigenvalue weighted by molar-refractivity contribution is 5.36. The average Bonchev–Trinajstić information content (AvgIpc) is 2.57. The van der Waals surface area contributed by atoms with Gasteiger partial charge in [0.25, 0.3) is 0 Å². The number of hydrogen-bond acceptors (Lipinski definition) is 1. The summed E-state index contributed by atoms with van der Waals surface area (Å²) >= 11 is 0. The maximum absolute atomic E-state index is 3.54. The number of rotatable bonds is 2. The van der Waals surface area contributed by atoms with Crippen LogP contribution in [0, 0.1) is 13.8 Å². The normalized spacial score (nSPS) is 25.6. The van der Waals surface area contributed by atoms with Gasteiger partial charge >= 0.3 is 0 Å². The fraction of sp³-hybridized carbons (Fsp3) is 0.625. The second-order valence-electron chi connectivity index (χ2n) is 5.43. The Balaban J connectivity index is 2.31. The molecule has 17 heavy (non-hydrogen) atoms. The smallest absolute Gasteiger partial charge is 0.0133 e. The molecule has 0 spiro atoms. The van der Waals surface area contributed by atoms with Crippen LogP contribution in [0.5, 0.6) is 0 Å². The topological polar surface area (TPSA) is 12.0 Å². The molecule has 1 aromatic rings. The number of benzene rings is 1. The molecule has 0 aliphatic heterocycles. The van der Waals surface area contributed by atoms with Crippen LogP contribution in [-0.4, -0.2) is 13.1 Å². The van der Waals surface area contributed by atoms with E-state index in [1.54, 1.807) is 5.56 Å². The Morgan fingerprint density at radius 1 is 1.06 bits per heavy atom. The van der Waals surface area contributed by atoms with E-state index in [1.165, 1.54) is 43.2 Å². The SMILES string of the molecule is CNC1CCCCCC1c1cccc(C)c1C. The minimum absolute atomic E-state index is 0.665. The Labute approximate surface area is 106 Å².